The van der Waals surface area contributed by atoms with Crippen LogP contribution in [0.15, 0.2) is 0 Å². The van der Waals surface area contributed by atoms with E-state index in [1.54, 1.807) is 6.92 Å². The lowest BCUT2D eigenvalue weighted by atomic mass is 9.99. The fraction of sp³-hybridized carbons (Fsp3) is 1.00. The molecule has 2 atom stereocenters. The molecule has 5 heteroatoms. The number of likely N-dealkylation sites (tertiary alicyclic amines) is 1. The van der Waals surface area contributed by atoms with Crippen LogP contribution < -0.4 is 5.32 Å². The van der Waals surface area contributed by atoms with E-state index >= 15 is 0 Å². The molecule has 0 aromatic carbocycles. The molecule has 1 N–H and O–H groups in total. The Morgan fingerprint density at radius 1 is 1.41 bits per heavy atom. The van der Waals surface area contributed by atoms with Gasteiger partial charge in [-0.2, -0.15) is 0 Å². The Hall–Kier alpha value is -0.130. The van der Waals surface area contributed by atoms with Crippen molar-refractivity contribution >= 4 is 9.84 Å². The average molecular weight is 262 g/mol. The predicted molar refractivity (Wildman–Crippen MR) is 72.1 cm³/mol. The van der Waals surface area contributed by atoms with Gasteiger partial charge in [0.2, 0.25) is 0 Å². The number of rotatable bonds is 6. The minimum Gasteiger partial charge on any atom is -0.314 e. The van der Waals surface area contributed by atoms with E-state index in [9.17, 15) is 8.42 Å². The van der Waals surface area contributed by atoms with Crippen LogP contribution in [-0.2, 0) is 9.84 Å². The number of hydrogen-bond donors (Lipinski definition) is 1. The van der Waals surface area contributed by atoms with Gasteiger partial charge >= 0.3 is 0 Å². The normalized spacial score (nSPS) is 27.2. The van der Waals surface area contributed by atoms with Crippen LogP contribution in [0.3, 0.4) is 0 Å². The molecule has 0 spiro atoms. The maximum atomic E-state index is 11.3. The third-order valence-corrected chi connectivity index (χ3v) is 5.50. The molecule has 1 saturated heterocycles. The van der Waals surface area contributed by atoms with Crippen molar-refractivity contribution in [3.63, 3.8) is 0 Å². The maximum absolute atomic E-state index is 11.3. The summed E-state index contributed by atoms with van der Waals surface area (Å²) in [5.74, 6) is 0.580. The Morgan fingerprint density at radius 3 is 2.71 bits per heavy atom. The largest absolute Gasteiger partial charge is 0.314 e. The van der Waals surface area contributed by atoms with Gasteiger partial charge in [-0.3, -0.25) is 0 Å². The molecule has 4 nitrogen and oxygen atoms in total. The Kier molecular flexibility index (Phi) is 5.89. The first kappa shape index (κ1) is 14.9. The number of nitrogens with zero attached hydrogens (tertiary/aromatic N) is 1. The SMILES string of the molecule is CCS(=O)(=O)CCCNC1CCN(C)C(C)C1. The molecule has 0 aliphatic carbocycles. The fourth-order valence-electron chi connectivity index (χ4n) is 2.22. The summed E-state index contributed by atoms with van der Waals surface area (Å²) in [4.78, 5) is 2.37. The van der Waals surface area contributed by atoms with Crippen molar-refractivity contribution in [2.24, 2.45) is 0 Å². The van der Waals surface area contributed by atoms with Gasteiger partial charge in [-0.25, -0.2) is 8.42 Å². The van der Waals surface area contributed by atoms with Crippen LogP contribution in [0, 0.1) is 0 Å². The summed E-state index contributed by atoms with van der Waals surface area (Å²) in [6.45, 7) is 5.91. The number of nitrogens with one attached hydrogen (secondary N) is 1. The fourth-order valence-corrected chi connectivity index (χ4v) is 3.09. The van der Waals surface area contributed by atoms with Gasteiger partial charge in [-0.1, -0.05) is 6.92 Å². The molecule has 1 heterocycles. The lowest BCUT2D eigenvalue weighted by molar-refractivity contribution is 0.169. The number of sulfone groups is 1. The zero-order valence-corrected chi connectivity index (χ0v) is 12.1. The third-order valence-electron chi connectivity index (χ3n) is 3.71. The van der Waals surface area contributed by atoms with Crippen molar-refractivity contribution in [2.75, 3.05) is 31.6 Å². The van der Waals surface area contributed by atoms with Crippen LogP contribution in [0.5, 0.6) is 0 Å². The standard InChI is InChI=1S/C12H26N2O2S/c1-4-17(15,16)9-5-7-13-12-6-8-14(3)11(2)10-12/h11-13H,4-10H2,1-3H3. The molecule has 102 valence electrons. The van der Waals surface area contributed by atoms with Crippen LogP contribution >= 0.6 is 0 Å². The molecule has 0 amide bonds. The third kappa shape index (κ3) is 5.36. The summed E-state index contributed by atoms with van der Waals surface area (Å²) < 4.78 is 22.6. The van der Waals surface area contributed by atoms with E-state index in [1.807, 2.05) is 0 Å². The molecule has 0 bridgehead atoms. The highest BCUT2D eigenvalue weighted by molar-refractivity contribution is 7.91. The quantitative estimate of drug-likeness (QED) is 0.722. The van der Waals surface area contributed by atoms with Gasteiger partial charge in [-0.15, -0.1) is 0 Å². The van der Waals surface area contributed by atoms with E-state index in [0.29, 0.717) is 17.8 Å². The van der Waals surface area contributed by atoms with Crippen LogP contribution in [0.25, 0.3) is 0 Å². The van der Waals surface area contributed by atoms with Crippen molar-refractivity contribution in [3.05, 3.63) is 0 Å². The minimum absolute atomic E-state index is 0.262. The summed E-state index contributed by atoms with van der Waals surface area (Å²) in [6, 6.07) is 1.19. The van der Waals surface area contributed by atoms with Gasteiger partial charge in [0, 0.05) is 17.8 Å². The van der Waals surface area contributed by atoms with Crippen molar-refractivity contribution in [1.82, 2.24) is 10.2 Å². The summed E-state index contributed by atoms with van der Waals surface area (Å²) in [7, 11) is -0.629. The Morgan fingerprint density at radius 2 is 2.12 bits per heavy atom. The predicted octanol–water partition coefficient (Wildman–Crippen LogP) is 0.884. The summed E-state index contributed by atoms with van der Waals surface area (Å²) in [6.07, 6.45) is 3.06. The van der Waals surface area contributed by atoms with E-state index in [-0.39, 0.29) is 5.75 Å². The molecule has 0 radical (unpaired) electrons. The van der Waals surface area contributed by atoms with Gasteiger partial charge in [0.1, 0.15) is 9.84 Å². The summed E-state index contributed by atoms with van der Waals surface area (Å²) in [5, 5.41) is 3.48. The van der Waals surface area contributed by atoms with E-state index < -0.39 is 9.84 Å². The van der Waals surface area contributed by atoms with Crippen LogP contribution in [-0.4, -0.2) is 57.0 Å². The van der Waals surface area contributed by atoms with Crippen molar-refractivity contribution in [1.29, 1.82) is 0 Å². The Balaban J connectivity index is 2.15. The second-order valence-electron chi connectivity index (χ2n) is 5.09. The zero-order valence-electron chi connectivity index (χ0n) is 11.3. The lowest BCUT2D eigenvalue weighted by Gasteiger charge is -2.35. The zero-order chi connectivity index (χ0) is 12.9. The first-order chi connectivity index (χ1) is 7.94. The van der Waals surface area contributed by atoms with Gasteiger partial charge in [0.25, 0.3) is 0 Å². The van der Waals surface area contributed by atoms with Gasteiger partial charge < -0.3 is 10.2 Å². The van der Waals surface area contributed by atoms with Crippen molar-refractivity contribution in [3.8, 4) is 0 Å². The highest BCUT2D eigenvalue weighted by atomic mass is 32.2. The second kappa shape index (κ2) is 6.71. The van der Waals surface area contributed by atoms with Crippen LogP contribution in [0.4, 0.5) is 0 Å². The molecule has 0 saturated carbocycles. The first-order valence-electron chi connectivity index (χ1n) is 6.58. The summed E-state index contributed by atoms with van der Waals surface area (Å²) >= 11 is 0. The smallest absolute Gasteiger partial charge is 0.150 e. The summed E-state index contributed by atoms with van der Waals surface area (Å²) in [5.41, 5.74) is 0. The highest BCUT2D eigenvalue weighted by Crippen LogP contribution is 2.15. The topological polar surface area (TPSA) is 49.4 Å². The molecule has 1 aliphatic rings. The van der Waals surface area contributed by atoms with Crippen molar-refractivity contribution < 1.29 is 8.42 Å². The maximum Gasteiger partial charge on any atom is 0.150 e. The minimum atomic E-state index is -2.79. The molecule has 17 heavy (non-hydrogen) atoms. The molecule has 1 rings (SSSR count). The molecule has 1 aliphatic heterocycles. The highest BCUT2D eigenvalue weighted by Gasteiger charge is 2.21. The Bertz CT molecular complexity index is 316. The van der Waals surface area contributed by atoms with E-state index in [0.717, 1.165) is 25.9 Å². The second-order valence-corrected chi connectivity index (χ2v) is 7.57. The van der Waals surface area contributed by atoms with Gasteiger partial charge in [0.05, 0.1) is 5.75 Å². The van der Waals surface area contributed by atoms with Crippen LogP contribution in [0.1, 0.15) is 33.1 Å². The van der Waals surface area contributed by atoms with Crippen LogP contribution in [0.2, 0.25) is 0 Å². The molecule has 0 aromatic heterocycles. The van der Waals surface area contributed by atoms with Gasteiger partial charge in [-0.05, 0) is 46.3 Å². The monoisotopic (exact) mass is 262 g/mol. The number of hydrogen-bond acceptors (Lipinski definition) is 4. The van der Waals surface area contributed by atoms with E-state index in [2.05, 4.69) is 24.2 Å². The molecular formula is C12H26N2O2S. The average Bonchev–Trinajstić information content (AvgIpc) is 2.29. The van der Waals surface area contributed by atoms with E-state index in [4.69, 9.17) is 0 Å². The van der Waals surface area contributed by atoms with E-state index in [1.165, 1.54) is 6.42 Å². The molecule has 1 fully saturated rings. The molecule has 2 unspecified atom stereocenters. The Labute approximate surface area is 106 Å². The molecule has 0 aromatic rings. The van der Waals surface area contributed by atoms with Crippen molar-refractivity contribution in [2.45, 2.75) is 45.2 Å². The van der Waals surface area contributed by atoms with Gasteiger partial charge in [0.15, 0.2) is 0 Å². The number of piperidine rings is 1. The lowest BCUT2D eigenvalue weighted by Crippen LogP contribution is -2.45. The molecular weight excluding hydrogens is 236 g/mol. The first-order valence-corrected chi connectivity index (χ1v) is 8.41.